The van der Waals surface area contributed by atoms with E-state index in [0.717, 1.165) is 42.5 Å². The Labute approximate surface area is 168 Å². The van der Waals surface area contributed by atoms with Crippen molar-refractivity contribution in [1.82, 2.24) is 14.5 Å². The van der Waals surface area contributed by atoms with Gasteiger partial charge in [0.1, 0.15) is 11.9 Å². The number of pyridine rings is 1. The molecule has 1 saturated heterocycles. The van der Waals surface area contributed by atoms with Gasteiger partial charge in [0.2, 0.25) is 0 Å². The molecule has 1 N–H and O–H groups in total. The van der Waals surface area contributed by atoms with Crippen molar-refractivity contribution in [3.05, 3.63) is 52.8 Å². The Morgan fingerprint density at radius 1 is 1.25 bits per heavy atom. The summed E-state index contributed by atoms with van der Waals surface area (Å²) in [6.07, 6.45) is 6.85. The van der Waals surface area contributed by atoms with Crippen LogP contribution in [0.3, 0.4) is 0 Å². The summed E-state index contributed by atoms with van der Waals surface area (Å²) in [5, 5.41) is 13.5. The van der Waals surface area contributed by atoms with E-state index in [1.54, 1.807) is 24.4 Å². The molecule has 3 aromatic rings. The number of amides is 1. The molecule has 2 aromatic heterocycles. The lowest BCUT2D eigenvalue weighted by atomic mass is 10.1. The van der Waals surface area contributed by atoms with Crippen LogP contribution in [0.2, 0.25) is 5.02 Å². The Bertz CT molecular complexity index is 1090. The molecule has 1 aliphatic heterocycles. The maximum Gasteiger partial charge on any atom is 0.257 e. The number of aromatic nitrogens is 2. The number of anilines is 2. The summed E-state index contributed by atoms with van der Waals surface area (Å²) in [5.41, 5.74) is 2.63. The fraction of sp³-hybridized carbons (Fsp3) is 0.286. The summed E-state index contributed by atoms with van der Waals surface area (Å²) >= 11 is 6.13. The zero-order valence-electron chi connectivity index (χ0n) is 15.6. The number of benzene rings is 1. The highest BCUT2D eigenvalue weighted by molar-refractivity contribution is 6.32. The Kier molecular flexibility index (Phi) is 4.93. The number of nitriles is 1. The van der Waals surface area contributed by atoms with Crippen molar-refractivity contribution in [2.75, 3.05) is 18.4 Å². The van der Waals surface area contributed by atoms with Gasteiger partial charge in [-0.15, -0.1) is 0 Å². The lowest BCUT2D eigenvalue weighted by Gasteiger charge is -2.27. The van der Waals surface area contributed by atoms with Crippen LogP contribution in [0.15, 0.2) is 36.7 Å². The van der Waals surface area contributed by atoms with E-state index in [9.17, 15) is 4.79 Å². The highest BCUT2D eigenvalue weighted by Gasteiger charge is 2.23. The van der Waals surface area contributed by atoms with E-state index in [4.69, 9.17) is 16.9 Å². The molecule has 0 unspecified atom stereocenters. The predicted molar refractivity (Wildman–Crippen MR) is 110 cm³/mol. The van der Waals surface area contributed by atoms with Gasteiger partial charge in [0.15, 0.2) is 0 Å². The second-order valence-electron chi connectivity index (χ2n) is 6.99. The third-order valence-corrected chi connectivity index (χ3v) is 5.44. The molecular formula is C21H20ClN5O. The van der Waals surface area contributed by atoms with Gasteiger partial charge in [-0.3, -0.25) is 4.79 Å². The van der Waals surface area contributed by atoms with Gasteiger partial charge in [0, 0.05) is 43.6 Å². The summed E-state index contributed by atoms with van der Waals surface area (Å²) in [6.45, 7) is 1.60. The molecule has 0 saturated carbocycles. The van der Waals surface area contributed by atoms with Crippen molar-refractivity contribution in [3.8, 4) is 6.07 Å². The van der Waals surface area contributed by atoms with Gasteiger partial charge < -0.3 is 14.8 Å². The van der Waals surface area contributed by atoms with Crippen LogP contribution in [-0.4, -0.2) is 33.4 Å². The Morgan fingerprint density at radius 2 is 2.04 bits per heavy atom. The van der Waals surface area contributed by atoms with E-state index in [2.05, 4.69) is 10.3 Å². The monoisotopic (exact) mass is 393 g/mol. The maximum absolute atomic E-state index is 13.1. The lowest BCUT2D eigenvalue weighted by Crippen LogP contribution is -2.35. The maximum atomic E-state index is 13.1. The standard InChI is InChI=1S/C21H20ClN5O/c1-26-10-7-16-19(26)17(21(28)27-8-3-2-4-9-27)13-24-20(16)25-15-6-5-14(12-23)18(22)11-15/h5-7,10-11,13H,2-4,8-9H2,1H3,(H,24,25). The molecule has 1 aromatic carbocycles. The largest absolute Gasteiger partial charge is 0.350 e. The fourth-order valence-corrected chi connectivity index (χ4v) is 3.88. The van der Waals surface area contributed by atoms with Gasteiger partial charge in [0.05, 0.1) is 21.7 Å². The molecule has 0 aliphatic carbocycles. The van der Waals surface area contributed by atoms with Crippen molar-refractivity contribution >= 4 is 39.9 Å². The van der Waals surface area contributed by atoms with Gasteiger partial charge in [-0.2, -0.15) is 5.26 Å². The van der Waals surface area contributed by atoms with E-state index in [1.807, 2.05) is 34.8 Å². The van der Waals surface area contributed by atoms with Crippen molar-refractivity contribution in [2.45, 2.75) is 19.3 Å². The zero-order valence-corrected chi connectivity index (χ0v) is 16.3. The normalized spacial score (nSPS) is 14.1. The molecular weight excluding hydrogens is 374 g/mol. The van der Waals surface area contributed by atoms with Crippen molar-refractivity contribution in [3.63, 3.8) is 0 Å². The van der Waals surface area contributed by atoms with E-state index in [0.29, 0.717) is 22.0 Å². The zero-order chi connectivity index (χ0) is 19.7. The van der Waals surface area contributed by atoms with Crippen LogP contribution in [0.25, 0.3) is 10.9 Å². The number of aryl methyl sites for hydroxylation is 1. The number of nitrogens with one attached hydrogen (secondary N) is 1. The SMILES string of the molecule is Cn1ccc2c(Nc3ccc(C#N)c(Cl)c3)ncc(C(=O)N3CCCCC3)c21. The first kappa shape index (κ1) is 18.3. The summed E-state index contributed by atoms with van der Waals surface area (Å²) in [6, 6.07) is 9.15. The smallest absolute Gasteiger partial charge is 0.257 e. The predicted octanol–water partition coefficient (Wildman–Crippen LogP) is 4.47. The molecule has 6 nitrogen and oxygen atoms in total. The van der Waals surface area contributed by atoms with Crippen LogP contribution in [0.1, 0.15) is 35.2 Å². The number of likely N-dealkylation sites (tertiary alicyclic amines) is 1. The first-order valence-corrected chi connectivity index (χ1v) is 9.66. The third kappa shape index (κ3) is 3.30. The number of rotatable bonds is 3. The minimum atomic E-state index is 0.0342. The van der Waals surface area contributed by atoms with Gasteiger partial charge >= 0.3 is 0 Å². The van der Waals surface area contributed by atoms with Crippen molar-refractivity contribution < 1.29 is 4.79 Å². The number of hydrogen-bond donors (Lipinski definition) is 1. The van der Waals surface area contributed by atoms with Gasteiger partial charge in [-0.05, 0) is 43.5 Å². The van der Waals surface area contributed by atoms with Crippen LogP contribution in [0, 0.1) is 11.3 Å². The van der Waals surface area contributed by atoms with Crippen LogP contribution in [0.4, 0.5) is 11.5 Å². The van der Waals surface area contributed by atoms with Crippen LogP contribution < -0.4 is 5.32 Å². The average Bonchev–Trinajstić information content (AvgIpc) is 3.11. The molecule has 3 heterocycles. The number of hydrogen-bond acceptors (Lipinski definition) is 4. The topological polar surface area (TPSA) is 74.0 Å². The quantitative estimate of drug-likeness (QED) is 0.712. The first-order chi connectivity index (χ1) is 13.6. The summed E-state index contributed by atoms with van der Waals surface area (Å²) < 4.78 is 1.95. The number of nitrogens with zero attached hydrogens (tertiary/aromatic N) is 4. The Hall–Kier alpha value is -3.04. The summed E-state index contributed by atoms with van der Waals surface area (Å²) in [7, 11) is 1.93. The molecule has 0 spiro atoms. The minimum absolute atomic E-state index is 0.0342. The van der Waals surface area contributed by atoms with E-state index < -0.39 is 0 Å². The van der Waals surface area contributed by atoms with E-state index in [1.165, 1.54) is 6.42 Å². The van der Waals surface area contributed by atoms with Crippen molar-refractivity contribution in [2.24, 2.45) is 7.05 Å². The molecule has 0 radical (unpaired) electrons. The lowest BCUT2D eigenvalue weighted by molar-refractivity contribution is 0.0725. The molecule has 0 atom stereocenters. The molecule has 1 amide bonds. The highest BCUT2D eigenvalue weighted by atomic mass is 35.5. The summed E-state index contributed by atoms with van der Waals surface area (Å²) in [4.78, 5) is 19.5. The number of halogens is 1. The molecule has 4 rings (SSSR count). The molecule has 1 fully saturated rings. The van der Waals surface area contributed by atoms with Crippen molar-refractivity contribution in [1.29, 1.82) is 5.26 Å². The number of carbonyl (C=O) groups is 1. The second kappa shape index (κ2) is 7.53. The van der Waals surface area contributed by atoms with Crippen LogP contribution >= 0.6 is 11.6 Å². The van der Waals surface area contributed by atoms with Crippen LogP contribution in [0.5, 0.6) is 0 Å². The number of fused-ring (bicyclic) bond motifs is 1. The van der Waals surface area contributed by atoms with Gasteiger partial charge in [0.25, 0.3) is 5.91 Å². The Morgan fingerprint density at radius 3 is 2.75 bits per heavy atom. The van der Waals surface area contributed by atoms with Gasteiger partial charge in [-0.25, -0.2) is 4.98 Å². The first-order valence-electron chi connectivity index (χ1n) is 9.28. The van der Waals surface area contributed by atoms with Crippen LogP contribution in [-0.2, 0) is 7.05 Å². The number of piperidine rings is 1. The third-order valence-electron chi connectivity index (χ3n) is 5.13. The Balaban J connectivity index is 1.71. The molecule has 28 heavy (non-hydrogen) atoms. The van der Waals surface area contributed by atoms with E-state index >= 15 is 0 Å². The van der Waals surface area contributed by atoms with Gasteiger partial charge in [-0.1, -0.05) is 11.6 Å². The second-order valence-corrected chi connectivity index (χ2v) is 7.40. The number of carbonyl (C=O) groups excluding carboxylic acids is 1. The highest BCUT2D eigenvalue weighted by Crippen LogP contribution is 2.30. The molecule has 142 valence electrons. The fourth-order valence-electron chi connectivity index (χ4n) is 3.66. The molecule has 1 aliphatic rings. The minimum Gasteiger partial charge on any atom is -0.350 e. The average molecular weight is 394 g/mol. The van der Waals surface area contributed by atoms with E-state index in [-0.39, 0.29) is 5.91 Å². The molecule has 7 heteroatoms. The molecule has 0 bridgehead atoms. The summed E-state index contributed by atoms with van der Waals surface area (Å²) in [5.74, 6) is 0.679.